The minimum Gasteiger partial charge on any atom is -0.352 e. The van der Waals surface area contributed by atoms with Gasteiger partial charge < -0.3 is 18.9 Å². The smallest absolute Gasteiger partial charge is 0.352 e. The minimum atomic E-state index is -4.03. The Morgan fingerprint density at radius 3 is 1.86 bits per heavy atom. The summed E-state index contributed by atoms with van der Waals surface area (Å²) in [6.07, 6.45) is 17.1. The first-order valence-electron chi connectivity index (χ1n) is 14.1. The molecule has 0 aliphatic heterocycles. The summed E-state index contributed by atoms with van der Waals surface area (Å²) in [5.74, 6) is 0.933. The van der Waals surface area contributed by atoms with Crippen LogP contribution in [0.25, 0.3) is 0 Å². The molecule has 218 valence electrons. The van der Waals surface area contributed by atoms with Crippen LogP contribution in [0.1, 0.15) is 104 Å². The summed E-state index contributed by atoms with van der Waals surface area (Å²) in [6.45, 7) is 4.89. The van der Waals surface area contributed by atoms with E-state index >= 15 is 0 Å². The van der Waals surface area contributed by atoms with Crippen LogP contribution in [0, 0.1) is 0 Å². The number of phosphoric ester groups is 1. The molecule has 36 heavy (non-hydrogen) atoms. The van der Waals surface area contributed by atoms with Crippen LogP contribution in [-0.2, 0) is 23.1 Å². The van der Waals surface area contributed by atoms with Gasteiger partial charge in [-0.05, 0) is 25.5 Å². The van der Waals surface area contributed by atoms with Crippen LogP contribution >= 0.6 is 19.6 Å². The molecular formula is C27H59NO6PS+. The van der Waals surface area contributed by atoms with Gasteiger partial charge in [0, 0.05) is 26.4 Å². The number of thioether (sulfide) groups is 1. The molecule has 2 unspecified atom stereocenters. The first-order chi connectivity index (χ1) is 17.0. The summed E-state index contributed by atoms with van der Waals surface area (Å²) < 4.78 is 34.7. The van der Waals surface area contributed by atoms with E-state index in [9.17, 15) is 9.46 Å². The van der Waals surface area contributed by atoms with Gasteiger partial charge in [0.2, 0.25) is 0 Å². The van der Waals surface area contributed by atoms with Crippen LogP contribution in [0.15, 0.2) is 0 Å². The van der Waals surface area contributed by atoms with E-state index in [0.29, 0.717) is 17.4 Å². The number of methoxy groups -OCH3 is 2. The molecule has 0 aliphatic rings. The Balaban J connectivity index is 4.00. The van der Waals surface area contributed by atoms with Gasteiger partial charge in [0.25, 0.3) is 0 Å². The van der Waals surface area contributed by atoms with Crippen molar-refractivity contribution in [1.82, 2.24) is 0 Å². The lowest BCUT2D eigenvalue weighted by molar-refractivity contribution is -0.870. The Bertz CT molecular complexity index is 557. The van der Waals surface area contributed by atoms with E-state index < -0.39 is 13.6 Å². The Kier molecular flexibility index (Phi) is 21.4. The number of unbranched alkanes of at least 4 members (excludes halogenated alkanes) is 11. The third-order valence-corrected chi connectivity index (χ3v) is 8.78. The molecule has 0 heterocycles. The molecule has 7 nitrogen and oxygen atoms in total. The van der Waals surface area contributed by atoms with Gasteiger partial charge >= 0.3 is 7.82 Å². The quantitative estimate of drug-likeness (QED) is 0.0514. The number of nitrogens with zero attached hydrogens (tertiary/aromatic N) is 1. The molecule has 0 saturated heterocycles. The van der Waals surface area contributed by atoms with Crippen molar-refractivity contribution in [2.75, 3.05) is 60.0 Å². The predicted molar refractivity (Wildman–Crippen MR) is 154 cm³/mol. The molecule has 2 atom stereocenters. The molecule has 0 bridgehead atoms. The molecule has 0 saturated carbocycles. The zero-order valence-corrected chi connectivity index (χ0v) is 26.3. The van der Waals surface area contributed by atoms with E-state index in [4.69, 9.17) is 18.5 Å². The topological polar surface area (TPSA) is 74.2 Å². The number of likely N-dealkylation sites (N-methyl/N-ethyl adjacent to an activating group) is 1. The van der Waals surface area contributed by atoms with Gasteiger partial charge in [-0.3, -0.25) is 9.05 Å². The van der Waals surface area contributed by atoms with E-state index in [1.165, 1.54) is 70.6 Å². The van der Waals surface area contributed by atoms with Crippen LogP contribution in [0.4, 0.5) is 0 Å². The predicted octanol–water partition coefficient (Wildman–Crippen LogP) is 7.42. The van der Waals surface area contributed by atoms with Crippen molar-refractivity contribution >= 4 is 19.6 Å². The first kappa shape index (κ1) is 36.3. The van der Waals surface area contributed by atoms with Gasteiger partial charge in [0.05, 0.1) is 27.2 Å². The fourth-order valence-corrected chi connectivity index (χ4v) is 6.20. The average Bonchev–Trinajstić information content (AvgIpc) is 2.80. The van der Waals surface area contributed by atoms with Crippen LogP contribution in [0.3, 0.4) is 0 Å². The van der Waals surface area contributed by atoms with Crippen molar-refractivity contribution in [2.45, 2.75) is 116 Å². The second-order valence-corrected chi connectivity index (χ2v) is 13.5. The van der Waals surface area contributed by atoms with Crippen LogP contribution in [0.5, 0.6) is 0 Å². The van der Waals surface area contributed by atoms with Crippen LogP contribution < -0.4 is 0 Å². The largest absolute Gasteiger partial charge is 0.472 e. The number of quaternary nitrogens is 1. The fraction of sp³-hybridized carbons (Fsp3) is 1.00. The maximum absolute atomic E-state index is 12.1. The van der Waals surface area contributed by atoms with Gasteiger partial charge in [-0.2, -0.15) is 11.8 Å². The third-order valence-electron chi connectivity index (χ3n) is 6.48. The molecule has 0 amide bonds. The molecule has 0 aromatic heterocycles. The number of ether oxygens (including phenoxy) is 2. The van der Waals surface area contributed by atoms with Crippen molar-refractivity contribution in [3.05, 3.63) is 0 Å². The number of phosphoric acid groups is 1. The highest BCUT2D eigenvalue weighted by Crippen LogP contribution is 2.45. The second-order valence-electron chi connectivity index (χ2n) is 11.0. The molecule has 0 radical (unpaired) electrons. The van der Waals surface area contributed by atoms with Crippen molar-refractivity contribution in [2.24, 2.45) is 0 Å². The monoisotopic (exact) mass is 556 g/mol. The van der Waals surface area contributed by atoms with E-state index in [2.05, 4.69) is 6.92 Å². The minimum absolute atomic E-state index is 0.183. The highest BCUT2D eigenvalue weighted by Gasteiger charge is 2.29. The van der Waals surface area contributed by atoms with Crippen molar-refractivity contribution in [3.63, 3.8) is 0 Å². The molecule has 0 aromatic carbocycles. The molecule has 0 aromatic rings. The van der Waals surface area contributed by atoms with Gasteiger partial charge in [0.1, 0.15) is 13.2 Å². The lowest BCUT2D eigenvalue weighted by Gasteiger charge is -2.31. The molecule has 0 spiro atoms. The Hall–Kier alpha value is 0.340. The van der Waals surface area contributed by atoms with Crippen LogP contribution in [0.2, 0.25) is 0 Å². The van der Waals surface area contributed by atoms with Gasteiger partial charge in [-0.25, -0.2) is 4.57 Å². The third kappa shape index (κ3) is 21.3. The Labute approximate surface area is 227 Å². The zero-order chi connectivity index (χ0) is 27.3. The summed E-state index contributed by atoms with van der Waals surface area (Å²) in [7, 11) is 5.41. The number of hydrogen-bond acceptors (Lipinski definition) is 6. The highest BCUT2D eigenvalue weighted by atomic mass is 32.2. The van der Waals surface area contributed by atoms with E-state index in [1.807, 2.05) is 21.1 Å². The normalized spacial score (nSPS) is 15.2. The Morgan fingerprint density at radius 2 is 1.39 bits per heavy atom. The second kappa shape index (κ2) is 21.2. The molecule has 0 aliphatic carbocycles. The van der Waals surface area contributed by atoms with Gasteiger partial charge in [-0.1, -0.05) is 77.6 Å². The fourth-order valence-electron chi connectivity index (χ4n) is 3.93. The molecular weight excluding hydrogens is 497 g/mol. The number of hydrogen-bond donors (Lipinski definition) is 1. The summed E-state index contributed by atoms with van der Waals surface area (Å²) in [6, 6.07) is 0. The van der Waals surface area contributed by atoms with E-state index in [1.54, 1.807) is 32.9 Å². The summed E-state index contributed by atoms with van der Waals surface area (Å²) in [5.41, 5.74) is 0. The Morgan fingerprint density at radius 1 is 0.889 bits per heavy atom. The van der Waals surface area contributed by atoms with Crippen molar-refractivity contribution in [1.29, 1.82) is 0 Å². The number of rotatable bonds is 26. The average molecular weight is 557 g/mol. The van der Waals surface area contributed by atoms with Crippen LogP contribution in [-0.4, -0.2) is 81.3 Å². The zero-order valence-electron chi connectivity index (χ0n) is 24.6. The molecule has 0 rings (SSSR count). The maximum Gasteiger partial charge on any atom is 0.472 e. The summed E-state index contributed by atoms with van der Waals surface area (Å²) in [5, 5.41) is 0. The standard InChI is InChI=1S/C27H58NO6PS/c1-8-9-10-11-12-13-14-15-16-17-18-19-21-27(31-6,32-7)25-36-24-20-26(2)34-35(29,30)33-23-22-28(3,4)5/h26H,8-25H2,1-7H3/p+1. The lowest BCUT2D eigenvalue weighted by atomic mass is 10.0. The summed E-state index contributed by atoms with van der Waals surface area (Å²) >= 11 is 1.72. The van der Waals surface area contributed by atoms with E-state index in [-0.39, 0.29) is 12.7 Å². The van der Waals surface area contributed by atoms with Crippen molar-refractivity contribution < 1.29 is 32.5 Å². The first-order valence-corrected chi connectivity index (χ1v) is 16.8. The molecule has 0 fully saturated rings. The van der Waals surface area contributed by atoms with Gasteiger partial charge in [-0.15, -0.1) is 0 Å². The van der Waals surface area contributed by atoms with E-state index in [0.717, 1.165) is 24.3 Å². The maximum atomic E-state index is 12.1. The molecule has 1 N–H and O–H groups in total. The molecule has 9 heteroatoms. The summed E-state index contributed by atoms with van der Waals surface area (Å²) in [4.78, 5) is 9.94. The van der Waals surface area contributed by atoms with Crippen molar-refractivity contribution in [3.8, 4) is 0 Å². The SMILES string of the molecule is CCCCCCCCCCCCCCC(CSCCC(C)OP(=O)(O)OCC[N+](C)(C)C)(OC)OC. The van der Waals surface area contributed by atoms with Gasteiger partial charge in [0.15, 0.2) is 5.79 Å². The highest BCUT2D eigenvalue weighted by molar-refractivity contribution is 7.99. The lowest BCUT2D eigenvalue weighted by Crippen LogP contribution is -2.37.